The van der Waals surface area contributed by atoms with E-state index in [0.717, 1.165) is 35.2 Å². The number of likely N-dealkylation sites (tertiary alicyclic amines) is 2. The van der Waals surface area contributed by atoms with Crippen molar-refractivity contribution >= 4 is 66.1 Å². The van der Waals surface area contributed by atoms with Gasteiger partial charge in [0.25, 0.3) is 0 Å². The summed E-state index contributed by atoms with van der Waals surface area (Å²) >= 11 is 0. The summed E-state index contributed by atoms with van der Waals surface area (Å²) in [5, 5.41) is 8.21. The highest BCUT2D eigenvalue weighted by Gasteiger charge is 2.45. The number of amides is 5. The predicted octanol–water partition coefficient (Wildman–Crippen LogP) is 7.97. The van der Waals surface area contributed by atoms with Crippen molar-refractivity contribution in [1.29, 1.82) is 0 Å². The number of nitrogens with zero attached hydrogens (tertiary/aromatic N) is 5. The number of rotatable bonds is 17. The van der Waals surface area contributed by atoms with Crippen molar-refractivity contribution in [2.24, 2.45) is 5.92 Å². The lowest BCUT2D eigenvalue weighted by atomic mass is 10.0. The molecule has 0 radical (unpaired) electrons. The van der Waals surface area contributed by atoms with Gasteiger partial charge in [-0.25, -0.2) is 23.4 Å². The number of aromatic nitrogens is 2. The van der Waals surface area contributed by atoms with E-state index < -0.39 is 80.1 Å². The van der Waals surface area contributed by atoms with Gasteiger partial charge in [0, 0.05) is 64.8 Å². The van der Waals surface area contributed by atoms with E-state index in [1.807, 2.05) is 35.2 Å². The van der Waals surface area contributed by atoms with Crippen LogP contribution >= 0.6 is 0 Å². The summed E-state index contributed by atoms with van der Waals surface area (Å²) in [6.45, 7) is 5.69. The van der Waals surface area contributed by atoms with Crippen LogP contribution in [0.15, 0.2) is 54.6 Å². The zero-order valence-electron chi connectivity index (χ0n) is 45.8. The predicted molar refractivity (Wildman–Crippen MR) is 292 cm³/mol. The Hall–Kier alpha value is -6.36. The summed E-state index contributed by atoms with van der Waals surface area (Å²) in [7, 11) is 5.54. The summed E-state index contributed by atoms with van der Waals surface area (Å²) < 4.78 is 59.5. The molecule has 3 aromatic carbocycles. The van der Waals surface area contributed by atoms with Crippen LogP contribution in [0.4, 0.5) is 35.4 Å². The summed E-state index contributed by atoms with van der Waals surface area (Å²) in [5.41, 5.74) is 4.11. The molecule has 9 rings (SSSR count). The number of benzene rings is 3. The SMILES string of the molecule is COC[C@H]1C[C@@H](C(=O)Nc2ccc([C@H]3CC[C@H](c4ccc5nc([C@@H]6CCCN6C(=O)[C@@H](NC(=O)OC)[C@@H](C)OC)[nH]c5c4)N3c3cc(F)c(N4CC[Si]5(CCCC5)CC4)c(F)c3)cc2)N(C(=O)[C@@H](NC(=O)OC)[C@@H](C)OC)C1. The molecular formula is C56H75F2N9O10Si. The third-order valence-corrected chi connectivity index (χ3v) is 22.7. The Kier molecular flexibility index (Phi) is 17.6. The van der Waals surface area contributed by atoms with Crippen molar-refractivity contribution in [3.8, 4) is 0 Å². The largest absolute Gasteiger partial charge is 0.453 e. The van der Waals surface area contributed by atoms with Crippen LogP contribution < -0.4 is 25.8 Å². The molecule has 4 aromatic rings. The first kappa shape index (κ1) is 56.4. The molecule has 22 heteroatoms. The summed E-state index contributed by atoms with van der Waals surface area (Å²) in [6.07, 6.45) is 2.60. The summed E-state index contributed by atoms with van der Waals surface area (Å²) in [6, 6.07) is 17.0. The third-order valence-electron chi connectivity index (χ3n) is 17.3. The standard InChI is InChI=1S/C56H75F2N9O10Si/c1-33(74-4)48(62-55(71)76-6)53(69)65-20-10-11-46(65)51-60-42-17-14-37(28-43(42)61-51)45-19-18-44(67(45)39-29-40(57)50(41(58)30-39)64-21-25-78(26-22-64)23-8-9-24-78)36-12-15-38(16-13-36)59-52(68)47-27-35(32-73-3)31-66(47)54(70)49(34(2)75-5)63-56(72)77-7/h12-17,28-30,33-35,44-49H,8-11,18-27,31-32H2,1-7H3,(H,59,68)(H,60,61)(H,62,71)(H,63,72)/t33-,34-,35+,44-,45-,46+,47+,48+,49+/m1/s1. The maximum Gasteiger partial charge on any atom is 0.407 e. The number of aromatic amines is 1. The van der Waals surface area contributed by atoms with E-state index in [1.165, 1.54) is 70.4 Å². The van der Waals surface area contributed by atoms with Crippen LogP contribution in [0, 0.1) is 17.6 Å². The van der Waals surface area contributed by atoms with Crippen LogP contribution in [-0.2, 0) is 38.1 Å². The molecule has 0 saturated carbocycles. The molecule has 0 aliphatic carbocycles. The quantitative estimate of drug-likeness (QED) is 0.0741. The molecule has 5 aliphatic heterocycles. The van der Waals surface area contributed by atoms with Gasteiger partial charge in [-0.2, -0.15) is 0 Å². The van der Waals surface area contributed by atoms with E-state index >= 15 is 8.78 Å². The second-order valence-corrected chi connectivity index (χ2v) is 26.8. The van der Waals surface area contributed by atoms with Crippen molar-refractivity contribution in [1.82, 2.24) is 30.4 Å². The fourth-order valence-corrected chi connectivity index (χ4v) is 17.9. The number of methoxy groups -OCH3 is 5. The summed E-state index contributed by atoms with van der Waals surface area (Å²) in [4.78, 5) is 82.5. The van der Waals surface area contributed by atoms with Crippen molar-refractivity contribution in [3.05, 3.63) is 83.2 Å². The van der Waals surface area contributed by atoms with Crippen molar-refractivity contribution in [2.75, 3.05) is 83.5 Å². The number of halogens is 2. The van der Waals surface area contributed by atoms with Gasteiger partial charge < -0.3 is 64.2 Å². The Morgan fingerprint density at radius 1 is 0.718 bits per heavy atom. The van der Waals surface area contributed by atoms with Crippen molar-refractivity contribution in [3.63, 3.8) is 0 Å². The number of nitrogens with one attached hydrogen (secondary N) is 4. The van der Waals surface area contributed by atoms with E-state index in [9.17, 15) is 24.0 Å². The highest BCUT2D eigenvalue weighted by Crippen LogP contribution is 2.49. The van der Waals surface area contributed by atoms with Crippen LogP contribution in [0.3, 0.4) is 0 Å². The molecule has 4 N–H and O–H groups in total. The molecule has 1 aromatic heterocycles. The van der Waals surface area contributed by atoms with Gasteiger partial charge in [0.2, 0.25) is 17.7 Å². The molecule has 0 bridgehead atoms. The number of alkyl carbamates (subject to hydrolysis) is 2. The molecule has 19 nitrogen and oxygen atoms in total. The highest BCUT2D eigenvalue weighted by atomic mass is 28.3. The molecule has 5 aliphatic rings. The third kappa shape index (κ3) is 11.7. The van der Waals surface area contributed by atoms with Crippen LogP contribution in [0.1, 0.15) is 93.9 Å². The summed E-state index contributed by atoms with van der Waals surface area (Å²) in [5.74, 6) is -1.95. The van der Waals surface area contributed by atoms with Crippen LogP contribution in [-0.4, -0.2) is 156 Å². The molecule has 5 amide bonds. The minimum absolute atomic E-state index is 0.0300. The van der Waals surface area contributed by atoms with E-state index in [0.29, 0.717) is 74.6 Å². The first-order valence-corrected chi connectivity index (χ1v) is 30.2. The second-order valence-electron chi connectivity index (χ2n) is 21.8. The van der Waals surface area contributed by atoms with E-state index in [1.54, 1.807) is 38.0 Å². The minimum Gasteiger partial charge on any atom is -0.453 e. The second kappa shape index (κ2) is 24.3. The maximum absolute atomic E-state index is 16.8. The number of hydrogen-bond acceptors (Lipinski definition) is 13. The Morgan fingerprint density at radius 3 is 1.90 bits per heavy atom. The molecule has 1 spiro atoms. The zero-order chi connectivity index (χ0) is 55.4. The molecule has 5 fully saturated rings. The molecule has 5 saturated heterocycles. The number of fused-ring (bicyclic) bond motifs is 1. The number of anilines is 3. The molecule has 422 valence electrons. The van der Waals surface area contributed by atoms with Gasteiger partial charge >= 0.3 is 12.2 Å². The average Bonchev–Trinajstić information content (AvgIpc) is 4.33. The fourth-order valence-electron chi connectivity index (χ4n) is 12.9. The number of imidazole rings is 1. The van der Waals surface area contributed by atoms with Crippen molar-refractivity contribution < 1.29 is 56.4 Å². The first-order valence-electron chi connectivity index (χ1n) is 27.4. The Bertz CT molecular complexity index is 2790. The number of ether oxygens (including phenoxy) is 5. The van der Waals surface area contributed by atoms with Gasteiger partial charge in [0.15, 0.2) is 11.6 Å². The minimum atomic E-state index is -1.36. The Labute approximate surface area is 455 Å². The monoisotopic (exact) mass is 1100 g/mol. The van der Waals surface area contributed by atoms with Gasteiger partial charge in [-0.3, -0.25) is 14.4 Å². The van der Waals surface area contributed by atoms with E-state index in [2.05, 4.69) is 25.8 Å². The zero-order valence-corrected chi connectivity index (χ0v) is 46.8. The van der Waals surface area contributed by atoms with Gasteiger partial charge in [-0.1, -0.05) is 43.1 Å². The van der Waals surface area contributed by atoms with Gasteiger partial charge in [0.1, 0.15) is 29.6 Å². The van der Waals surface area contributed by atoms with E-state index in [4.69, 9.17) is 28.7 Å². The maximum atomic E-state index is 16.8. The normalized spacial score (nSPS) is 23.6. The lowest BCUT2D eigenvalue weighted by molar-refractivity contribution is -0.141. The number of hydrogen-bond donors (Lipinski definition) is 4. The van der Waals surface area contributed by atoms with Crippen LogP contribution in [0.25, 0.3) is 11.0 Å². The van der Waals surface area contributed by atoms with E-state index in [-0.39, 0.29) is 36.1 Å². The van der Waals surface area contributed by atoms with Gasteiger partial charge in [-0.15, -0.1) is 0 Å². The number of carbonyl (C=O) groups is 5. The van der Waals surface area contributed by atoms with Crippen LogP contribution in [0.2, 0.25) is 24.2 Å². The number of H-pyrrole nitrogens is 1. The average molecular weight is 1100 g/mol. The first-order chi connectivity index (χ1) is 37.6. The lowest BCUT2D eigenvalue weighted by Gasteiger charge is -2.39. The van der Waals surface area contributed by atoms with Gasteiger partial charge in [0.05, 0.1) is 70.3 Å². The Morgan fingerprint density at radius 2 is 1.31 bits per heavy atom. The number of carbonyl (C=O) groups excluding carboxylic acids is 5. The molecular weight excluding hydrogens is 1020 g/mol. The van der Waals surface area contributed by atoms with Crippen molar-refractivity contribution in [2.45, 2.75) is 131 Å². The fraction of sp³-hybridized carbons (Fsp3) is 0.571. The van der Waals surface area contributed by atoms with Gasteiger partial charge in [-0.05, 0) is 106 Å². The molecule has 9 atom stereocenters. The smallest absolute Gasteiger partial charge is 0.407 e. The Balaban J connectivity index is 0.992. The molecule has 78 heavy (non-hydrogen) atoms. The highest BCUT2D eigenvalue weighted by molar-refractivity contribution is 6.80. The molecule has 6 heterocycles. The topological polar surface area (TPSA) is 209 Å². The lowest BCUT2D eigenvalue weighted by Crippen LogP contribution is -2.56. The molecule has 0 unspecified atom stereocenters. The van der Waals surface area contributed by atoms with Crippen LogP contribution in [0.5, 0.6) is 0 Å².